The second-order valence-electron chi connectivity index (χ2n) is 2.84. The fourth-order valence-corrected chi connectivity index (χ4v) is 2.06. The lowest BCUT2D eigenvalue weighted by atomic mass is 10.0. The maximum absolute atomic E-state index is 11.6. The van der Waals surface area contributed by atoms with E-state index in [1.54, 1.807) is 17.4 Å². The highest BCUT2D eigenvalue weighted by atomic mass is 32.1. The molecule has 0 aliphatic heterocycles. The number of ether oxygens (including phenoxy) is 1. The first-order chi connectivity index (χ1) is 6.79. The number of rotatable bonds is 5. The highest BCUT2D eigenvalue weighted by Crippen LogP contribution is 2.25. The standard InChI is InChI=1S/C11H14O2S/c1-3-6-9(11(12)13-4-2)10-7-5-8-14-10/h3,5,7-9H,1,4,6H2,2H3. The Balaban J connectivity index is 2.73. The van der Waals surface area contributed by atoms with Crippen LogP contribution in [0.5, 0.6) is 0 Å². The Morgan fingerprint density at radius 3 is 3.07 bits per heavy atom. The average molecular weight is 210 g/mol. The summed E-state index contributed by atoms with van der Waals surface area (Å²) in [4.78, 5) is 12.6. The summed E-state index contributed by atoms with van der Waals surface area (Å²) in [5, 5.41) is 1.96. The molecule has 1 heterocycles. The molecular formula is C11H14O2S. The van der Waals surface area contributed by atoms with Crippen molar-refractivity contribution in [2.45, 2.75) is 19.3 Å². The highest BCUT2D eigenvalue weighted by molar-refractivity contribution is 7.10. The van der Waals surface area contributed by atoms with Gasteiger partial charge in [-0.3, -0.25) is 4.79 Å². The molecule has 0 spiro atoms. The molecule has 1 rings (SSSR count). The summed E-state index contributed by atoms with van der Waals surface area (Å²) in [7, 11) is 0. The van der Waals surface area contributed by atoms with E-state index in [0.29, 0.717) is 13.0 Å². The van der Waals surface area contributed by atoms with Crippen molar-refractivity contribution in [3.63, 3.8) is 0 Å². The first-order valence-electron chi connectivity index (χ1n) is 4.60. The van der Waals surface area contributed by atoms with Gasteiger partial charge in [-0.15, -0.1) is 17.9 Å². The zero-order chi connectivity index (χ0) is 10.4. The van der Waals surface area contributed by atoms with E-state index in [1.165, 1.54) is 0 Å². The zero-order valence-corrected chi connectivity index (χ0v) is 9.05. The number of hydrogen-bond acceptors (Lipinski definition) is 3. The fraction of sp³-hybridized carbons (Fsp3) is 0.364. The minimum absolute atomic E-state index is 0.158. The van der Waals surface area contributed by atoms with E-state index in [-0.39, 0.29) is 11.9 Å². The van der Waals surface area contributed by atoms with Gasteiger partial charge in [0.2, 0.25) is 0 Å². The molecule has 0 aliphatic carbocycles. The molecule has 0 saturated heterocycles. The molecule has 0 amide bonds. The summed E-state index contributed by atoms with van der Waals surface area (Å²) >= 11 is 1.58. The summed E-state index contributed by atoms with van der Waals surface area (Å²) < 4.78 is 5.00. The second kappa shape index (κ2) is 5.60. The van der Waals surface area contributed by atoms with Crippen molar-refractivity contribution in [3.8, 4) is 0 Å². The van der Waals surface area contributed by atoms with Crippen LogP contribution >= 0.6 is 11.3 Å². The largest absolute Gasteiger partial charge is 0.465 e. The van der Waals surface area contributed by atoms with Gasteiger partial charge in [-0.2, -0.15) is 0 Å². The Kier molecular flexibility index (Phi) is 4.40. The van der Waals surface area contributed by atoms with Crippen LogP contribution in [0, 0.1) is 0 Å². The minimum atomic E-state index is -0.174. The van der Waals surface area contributed by atoms with Gasteiger partial charge in [0.15, 0.2) is 0 Å². The number of thiophene rings is 1. The summed E-state index contributed by atoms with van der Waals surface area (Å²) in [6.07, 6.45) is 2.39. The van der Waals surface area contributed by atoms with Crippen molar-refractivity contribution >= 4 is 17.3 Å². The molecule has 0 aliphatic rings. The van der Waals surface area contributed by atoms with Crippen molar-refractivity contribution in [2.24, 2.45) is 0 Å². The van der Waals surface area contributed by atoms with Crippen LogP contribution in [0.15, 0.2) is 30.2 Å². The number of carbonyl (C=O) groups is 1. The van der Waals surface area contributed by atoms with Crippen molar-refractivity contribution in [2.75, 3.05) is 6.61 Å². The second-order valence-corrected chi connectivity index (χ2v) is 3.82. The Labute approximate surface area is 88.2 Å². The number of allylic oxidation sites excluding steroid dienone is 1. The van der Waals surface area contributed by atoms with Crippen molar-refractivity contribution in [3.05, 3.63) is 35.0 Å². The van der Waals surface area contributed by atoms with Crippen LogP contribution in [-0.4, -0.2) is 12.6 Å². The van der Waals surface area contributed by atoms with E-state index in [4.69, 9.17) is 4.74 Å². The van der Waals surface area contributed by atoms with Crippen LogP contribution < -0.4 is 0 Å². The quantitative estimate of drug-likeness (QED) is 0.551. The van der Waals surface area contributed by atoms with Gasteiger partial charge in [-0.05, 0) is 24.8 Å². The van der Waals surface area contributed by atoms with Crippen molar-refractivity contribution < 1.29 is 9.53 Å². The van der Waals surface area contributed by atoms with Crippen LogP contribution in [0.25, 0.3) is 0 Å². The third-order valence-corrected chi connectivity index (χ3v) is 2.85. The molecule has 1 aromatic rings. The van der Waals surface area contributed by atoms with Crippen molar-refractivity contribution in [1.82, 2.24) is 0 Å². The van der Waals surface area contributed by atoms with Crippen LogP contribution in [0.4, 0.5) is 0 Å². The number of hydrogen-bond donors (Lipinski definition) is 0. The van der Waals surface area contributed by atoms with Crippen LogP contribution in [0.1, 0.15) is 24.1 Å². The van der Waals surface area contributed by atoms with E-state index < -0.39 is 0 Å². The molecule has 3 heteroatoms. The lowest BCUT2D eigenvalue weighted by Crippen LogP contribution is -2.14. The van der Waals surface area contributed by atoms with E-state index in [1.807, 2.05) is 24.4 Å². The smallest absolute Gasteiger partial charge is 0.314 e. The molecular weight excluding hydrogens is 196 g/mol. The molecule has 0 N–H and O–H groups in total. The molecule has 0 aromatic carbocycles. The predicted molar refractivity (Wildman–Crippen MR) is 58.5 cm³/mol. The normalized spacial score (nSPS) is 12.1. The van der Waals surface area contributed by atoms with Gasteiger partial charge >= 0.3 is 5.97 Å². The van der Waals surface area contributed by atoms with Gasteiger partial charge in [0, 0.05) is 4.88 Å². The third kappa shape index (κ3) is 2.70. The molecule has 14 heavy (non-hydrogen) atoms. The molecule has 1 aromatic heterocycles. The summed E-state index contributed by atoms with van der Waals surface area (Å²) in [6, 6.07) is 3.89. The van der Waals surface area contributed by atoms with Gasteiger partial charge in [0.1, 0.15) is 0 Å². The molecule has 0 saturated carbocycles. The Hall–Kier alpha value is -1.09. The van der Waals surface area contributed by atoms with Gasteiger partial charge in [-0.25, -0.2) is 0 Å². The molecule has 76 valence electrons. The first-order valence-corrected chi connectivity index (χ1v) is 5.48. The topological polar surface area (TPSA) is 26.3 Å². The van der Waals surface area contributed by atoms with Gasteiger partial charge < -0.3 is 4.74 Å². The van der Waals surface area contributed by atoms with Gasteiger partial charge in [0.25, 0.3) is 0 Å². The van der Waals surface area contributed by atoms with Gasteiger partial charge in [0.05, 0.1) is 12.5 Å². The first kappa shape index (κ1) is 11.0. The van der Waals surface area contributed by atoms with Crippen molar-refractivity contribution in [1.29, 1.82) is 0 Å². The van der Waals surface area contributed by atoms with E-state index in [9.17, 15) is 4.79 Å². The molecule has 0 fully saturated rings. The Bertz CT molecular complexity index is 290. The Morgan fingerprint density at radius 2 is 2.57 bits per heavy atom. The van der Waals surface area contributed by atoms with Gasteiger partial charge in [-0.1, -0.05) is 12.1 Å². The van der Waals surface area contributed by atoms with E-state index in [2.05, 4.69) is 6.58 Å². The van der Waals surface area contributed by atoms with Crippen LogP contribution in [-0.2, 0) is 9.53 Å². The monoisotopic (exact) mass is 210 g/mol. The molecule has 2 nitrogen and oxygen atoms in total. The Morgan fingerprint density at radius 1 is 1.79 bits per heavy atom. The molecule has 0 radical (unpaired) electrons. The average Bonchev–Trinajstić information content (AvgIpc) is 2.67. The molecule has 0 bridgehead atoms. The molecule has 1 unspecified atom stereocenters. The summed E-state index contributed by atoms with van der Waals surface area (Å²) in [5.74, 6) is -0.331. The molecule has 1 atom stereocenters. The maximum atomic E-state index is 11.6. The number of esters is 1. The van der Waals surface area contributed by atoms with E-state index in [0.717, 1.165) is 4.88 Å². The third-order valence-electron chi connectivity index (χ3n) is 1.86. The lowest BCUT2D eigenvalue weighted by Gasteiger charge is -2.11. The van der Waals surface area contributed by atoms with Crippen LogP contribution in [0.3, 0.4) is 0 Å². The highest BCUT2D eigenvalue weighted by Gasteiger charge is 2.20. The summed E-state index contributed by atoms with van der Waals surface area (Å²) in [6.45, 7) is 5.89. The zero-order valence-electron chi connectivity index (χ0n) is 8.23. The lowest BCUT2D eigenvalue weighted by molar-refractivity contribution is -0.144. The van der Waals surface area contributed by atoms with Crippen LogP contribution in [0.2, 0.25) is 0 Å². The minimum Gasteiger partial charge on any atom is -0.465 e. The fourth-order valence-electron chi connectivity index (χ4n) is 1.23. The summed E-state index contributed by atoms with van der Waals surface area (Å²) in [5.41, 5.74) is 0. The van der Waals surface area contributed by atoms with E-state index >= 15 is 0 Å². The maximum Gasteiger partial charge on any atom is 0.314 e. The number of carbonyl (C=O) groups excluding carboxylic acids is 1. The predicted octanol–water partition coefficient (Wildman–Crippen LogP) is 2.97. The SMILES string of the molecule is C=CCC(C(=O)OCC)c1cccs1.